The molecule has 3 N–H and O–H groups in total. The number of carbonyl (C=O) groups is 1. The van der Waals surface area contributed by atoms with Crippen molar-refractivity contribution in [2.75, 3.05) is 41.7 Å². The van der Waals surface area contributed by atoms with E-state index in [9.17, 15) is 4.79 Å². The first-order valence-electron chi connectivity index (χ1n) is 9.85. The number of nitrogens with zero attached hydrogens (tertiary/aromatic N) is 4. The molecule has 1 amide bonds. The molecule has 0 bridgehead atoms. The lowest BCUT2D eigenvalue weighted by atomic mass is 10.1. The molecule has 1 unspecified atom stereocenters. The zero-order valence-electron chi connectivity index (χ0n) is 16.7. The van der Waals surface area contributed by atoms with E-state index in [1.54, 1.807) is 0 Å². The van der Waals surface area contributed by atoms with Gasteiger partial charge in [0.05, 0.1) is 6.04 Å². The maximum Gasteiger partial charge on any atom is 0.407 e. The van der Waals surface area contributed by atoms with Gasteiger partial charge in [-0.25, -0.2) is 4.79 Å². The Hall–Kier alpha value is -2.77. The monoisotopic (exact) mass is 384 g/mol. The molecule has 2 saturated heterocycles. The van der Waals surface area contributed by atoms with Gasteiger partial charge in [0, 0.05) is 42.6 Å². The smallest absolute Gasteiger partial charge is 0.407 e. The van der Waals surface area contributed by atoms with Crippen molar-refractivity contribution in [3.63, 3.8) is 0 Å². The summed E-state index contributed by atoms with van der Waals surface area (Å²) in [6, 6.07) is 5.93. The van der Waals surface area contributed by atoms with Crippen LogP contribution in [0.3, 0.4) is 0 Å². The minimum atomic E-state index is -0.503. The van der Waals surface area contributed by atoms with Gasteiger partial charge >= 0.3 is 6.09 Å². The summed E-state index contributed by atoms with van der Waals surface area (Å²) in [4.78, 5) is 16.5. The number of rotatable bonds is 3. The van der Waals surface area contributed by atoms with E-state index in [1.165, 1.54) is 6.42 Å². The van der Waals surface area contributed by atoms with Crippen LogP contribution < -0.4 is 20.9 Å². The number of alkyl carbamates (subject to hydrolysis) is 1. The Balaban J connectivity index is 1.54. The van der Waals surface area contributed by atoms with Crippen LogP contribution >= 0.6 is 0 Å². The van der Waals surface area contributed by atoms with Crippen LogP contribution in [0.25, 0.3) is 10.8 Å². The number of nitrogens with one attached hydrogen (secondary N) is 1. The van der Waals surface area contributed by atoms with Gasteiger partial charge in [-0.2, -0.15) is 0 Å². The molecule has 0 radical (unpaired) electrons. The number of hydrogen-bond donors (Lipinski definition) is 2. The second-order valence-electron chi connectivity index (χ2n) is 8.57. The van der Waals surface area contributed by atoms with E-state index in [0.717, 1.165) is 54.2 Å². The Labute approximate surface area is 165 Å². The van der Waals surface area contributed by atoms with Crippen LogP contribution in [-0.2, 0) is 4.74 Å². The number of hydrogen-bond acceptors (Lipinski definition) is 7. The van der Waals surface area contributed by atoms with Gasteiger partial charge in [0.1, 0.15) is 5.60 Å². The summed E-state index contributed by atoms with van der Waals surface area (Å²) in [5.74, 6) is 1.74. The van der Waals surface area contributed by atoms with Crippen molar-refractivity contribution < 1.29 is 9.53 Å². The first-order valence-corrected chi connectivity index (χ1v) is 9.85. The lowest BCUT2D eigenvalue weighted by Gasteiger charge is -2.33. The third-order valence-corrected chi connectivity index (χ3v) is 5.13. The Morgan fingerprint density at radius 3 is 2.50 bits per heavy atom. The highest BCUT2D eigenvalue weighted by Crippen LogP contribution is 2.34. The fraction of sp³-hybridized carbons (Fsp3) is 0.550. The zero-order chi connectivity index (χ0) is 19.9. The quantitative estimate of drug-likeness (QED) is 0.785. The Kier molecular flexibility index (Phi) is 4.64. The second kappa shape index (κ2) is 7.00. The van der Waals surface area contributed by atoms with E-state index in [4.69, 9.17) is 10.5 Å². The van der Waals surface area contributed by atoms with E-state index in [2.05, 4.69) is 25.3 Å². The van der Waals surface area contributed by atoms with Gasteiger partial charge in [-0.1, -0.05) is 0 Å². The molecule has 8 nitrogen and oxygen atoms in total. The molecule has 2 aliphatic heterocycles. The first kappa shape index (κ1) is 18.6. The zero-order valence-corrected chi connectivity index (χ0v) is 16.7. The lowest BCUT2D eigenvalue weighted by Crippen LogP contribution is -2.40. The van der Waals surface area contributed by atoms with Crippen LogP contribution in [0.4, 0.5) is 22.1 Å². The van der Waals surface area contributed by atoms with Crippen molar-refractivity contribution in [1.29, 1.82) is 0 Å². The highest BCUT2D eigenvalue weighted by atomic mass is 16.6. The van der Waals surface area contributed by atoms with E-state index >= 15 is 0 Å². The number of nitrogen functional groups attached to an aromatic ring is 1. The predicted octanol–water partition coefficient (Wildman–Crippen LogP) is 2.53. The fourth-order valence-corrected chi connectivity index (χ4v) is 3.68. The maximum absolute atomic E-state index is 12.1. The second-order valence-corrected chi connectivity index (χ2v) is 8.57. The van der Waals surface area contributed by atoms with Crippen LogP contribution in [0.5, 0.6) is 0 Å². The number of benzene rings is 1. The predicted molar refractivity (Wildman–Crippen MR) is 111 cm³/mol. The molecule has 2 aliphatic rings. The van der Waals surface area contributed by atoms with E-state index < -0.39 is 5.60 Å². The van der Waals surface area contributed by atoms with Gasteiger partial charge < -0.3 is 25.6 Å². The third kappa shape index (κ3) is 3.76. The van der Waals surface area contributed by atoms with Crippen LogP contribution in [0.2, 0.25) is 0 Å². The summed E-state index contributed by atoms with van der Waals surface area (Å²) in [5, 5.41) is 14.1. The SMILES string of the molecule is CC(C)(C)OC(=O)NC1CCN(c2nnc(N3CCC3)c3cc(N)ccc23)C1. The summed E-state index contributed by atoms with van der Waals surface area (Å²) < 4.78 is 5.37. The number of carbonyl (C=O) groups excluding carboxylic acids is 1. The lowest BCUT2D eigenvalue weighted by molar-refractivity contribution is 0.0509. The Morgan fingerprint density at radius 2 is 1.86 bits per heavy atom. The summed E-state index contributed by atoms with van der Waals surface area (Å²) >= 11 is 0. The first-order chi connectivity index (χ1) is 13.3. The summed E-state index contributed by atoms with van der Waals surface area (Å²) in [7, 11) is 0. The molecule has 0 aliphatic carbocycles. The summed E-state index contributed by atoms with van der Waals surface area (Å²) in [5.41, 5.74) is 6.26. The molecule has 4 rings (SSSR count). The highest BCUT2D eigenvalue weighted by Gasteiger charge is 2.29. The van der Waals surface area contributed by atoms with Crippen molar-refractivity contribution in [3.05, 3.63) is 18.2 Å². The average Bonchev–Trinajstić information content (AvgIpc) is 2.99. The number of fused-ring (bicyclic) bond motifs is 1. The minimum Gasteiger partial charge on any atom is -0.444 e. The van der Waals surface area contributed by atoms with Crippen molar-refractivity contribution in [2.24, 2.45) is 0 Å². The van der Waals surface area contributed by atoms with E-state index in [0.29, 0.717) is 6.54 Å². The maximum atomic E-state index is 12.1. The van der Waals surface area contributed by atoms with Crippen LogP contribution in [0.1, 0.15) is 33.6 Å². The summed E-state index contributed by atoms with van der Waals surface area (Å²) in [6.45, 7) is 9.07. The Bertz CT molecular complexity index is 890. The summed E-state index contributed by atoms with van der Waals surface area (Å²) in [6.07, 6.45) is 1.64. The number of ether oxygens (including phenoxy) is 1. The van der Waals surface area contributed by atoms with Gasteiger partial charge in [0.25, 0.3) is 0 Å². The highest BCUT2D eigenvalue weighted by molar-refractivity contribution is 6.00. The molecule has 150 valence electrons. The number of nitrogens with two attached hydrogens (primary N) is 1. The normalized spacial score (nSPS) is 19.6. The number of amides is 1. The standard InChI is InChI=1S/C20H28N6O2/c1-20(2,3)28-19(27)22-14-7-10-26(12-14)17-15-6-5-13(21)11-16(15)18(24-23-17)25-8-4-9-25/h5-6,11,14H,4,7-10,12,21H2,1-3H3,(H,22,27). The molecule has 1 aromatic carbocycles. The molecule has 2 aromatic rings. The largest absolute Gasteiger partial charge is 0.444 e. The van der Waals surface area contributed by atoms with Crippen molar-refractivity contribution in [1.82, 2.24) is 15.5 Å². The molecule has 3 heterocycles. The number of anilines is 3. The fourth-order valence-electron chi connectivity index (χ4n) is 3.68. The minimum absolute atomic E-state index is 0.0236. The van der Waals surface area contributed by atoms with Gasteiger partial charge in [0.2, 0.25) is 0 Å². The molecule has 1 aromatic heterocycles. The molecular formula is C20H28N6O2. The molecule has 28 heavy (non-hydrogen) atoms. The van der Waals surface area contributed by atoms with Crippen molar-refractivity contribution >= 4 is 34.2 Å². The average molecular weight is 384 g/mol. The van der Waals surface area contributed by atoms with Crippen LogP contribution in [0.15, 0.2) is 18.2 Å². The van der Waals surface area contributed by atoms with E-state index in [-0.39, 0.29) is 12.1 Å². The van der Waals surface area contributed by atoms with Crippen molar-refractivity contribution in [2.45, 2.75) is 45.3 Å². The van der Waals surface area contributed by atoms with Gasteiger partial charge in [0.15, 0.2) is 11.6 Å². The molecule has 0 spiro atoms. The van der Waals surface area contributed by atoms with Gasteiger partial charge in [-0.05, 0) is 51.8 Å². The molecular weight excluding hydrogens is 356 g/mol. The van der Waals surface area contributed by atoms with E-state index in [1.807, 2.05) is 39.0 Å². The Morgan fingerprint density at radius 1 is 1.14 bits per heavy atom. The topological polar surface area (TPSA) is 96.6 Å². The van der Waals surface area contributed by atoms with Gasteiger partial charge in [-0.15, -0.1) is 10.2 Å². The molecule has 2 fully saturated rings. The van der Waals surface area contributed by atoms with Crippen LogP contribution in [0, 0.1) is 0 Å². The molecule has 0 saturated carbocycles. The molecule has 8 heteroatoms. The van der Waals surface area contributed by atoms with Crippen molar-refractivity contribution in [3.8, 4) is 0 Å². The third-order valence-electron chi connectivity index (χ3n) is 5.13. The number of aromatic nitrogens is 2. The van der Waals surface area contributed by atoms with Gasteiger partial charge in [-0.3, -0.25) is 0 Å². The van der Waals surface area contributed by atoms with Crippen LogP contribution in [-0.4, -0.2) is 54.1 Å². The molecule has 1 atom stereocenters.